The van der Waals surface area contributed by atoms with Crippen LogP contribution in [0.5, 0.6) is 0 Å². The Labute approximate surface area is 334 Å². The Morgan fingerprint density at radius 3 is 1.32 bits per heavy atom. The van der Waals surface area contributed by atoms with Gasteiger partial charge >= 0.3 is 0 Å². The van der Waals surface area contributed by atoms with Gasteiger partial charge in [0.2, 0.25) is 0 Å². The summed E-state index contributed by atoms with van der Waals surface area (Å²) >= 11 is 0. The van der Waals surface area contributed by atoms with Gasteiger partial charge in [0.05, 0.1) is 11.0 Å². The SMILES string of the molecule is [CH3-].c1ccc(-c2nc(-c3cccc([Si](c4ccccc4)(c4ccccc4)c4ccccc4)c3)nc(-c3ccc4c(c3)c3ccccc3n4-c3ccccc3)n2)cc1. The van der Waals surface area contributed by atoms with Crippen LogP contribution >= 0.6 is 0 Å². The number of rotatable bonds is 8. The highest BCUT2D eigenvalue weighted by atomic mass is 28.3. The van der Waals surface area contributed by atoms with Gasteiger partial charge in [-0.3, -0.25) is 0 Å². The summed E-state index contributed by atoms with van der Waals surface area (Å²) in [7, 11) is -2.78. The van der Waals surface area contributed by atoms with Crippen molar-refractivity contribution in [3.05, 3.63) is 226 Å². The monoisotopic (exact) mass is 747 g/mol. The fraction of sp³-hybridized carbons (Fsp3) is 0. The standard InChI is InChI=1S/C51H36N4Si.CH3/c1-6-19-37(20-7-1)49-52-50(54-51(53-49)39-33-34-48-46(36-39)45-31-16-17-32-47(45)55(48)40-22-8-2-9-23-40)38-21-18-30-44(35-38)56(41-24-10-3-11-25-41,42-26-12-4-13-27-42)43-28-14-5-15-29-43;/h1-36H;1H3/q;-1. The fourth-order valence-corrected chi connectivity index (χ4v) is 13.1. The van der Waals surface area contributed by atoms with E-state index in [1.807, 2.05) is 18.2 Å². The summed E-state index contributed by atoms with van der Waals surface area (Å²) in [6.45, 7) is 0. The lowest BCUT2D eigenvalue weighted by Gasteiger charge is -2.34. The molecule has 0 unspecified atom stereocenters. The van der Waals surface area contributed by atoms with E-state index in [2.05, 4.69) is 205 Å². The third-order valence-electron chi connectivity index (χ3n) is 10.8. The van der Waals surface area contributed by atoms with Crippen molar-refractivity contribution >= 4 is 50.6 Å². The van der Waals surface area contributed by atoms with Gasteiger partial charge in [0.1, 0.15) is 0 Å². The molecule has 0 N–H and O–H groups in total. The smallest absolute Gasteiger partial charge is 0.179 e. The lowest BCUT2D eigenvalue weighted by Crippen LogP contribution is -2.74. The Kier molecular flexibility index (Phi) is 9.42. The lowest BCUT2D eigenvalue weighted by molar-refractivity contribution is 1.07. The number of benzene rings is 8. The maximum absolute atomic E-state index is 5.28. The van der Waals surface area contributed by atoms with Gasteiger partial charge < -0.3 is 12.0 Å². The van der Waals surface area contributed by atoms with Crippen LogP contribution in [0.25, 0.3) is 61.7 Å². The van der Waals surface area contributed by atoms with Crippen molar-refractivity contribution in [2.75, 3.05) is 0 Å². The molecular weight excluding hydrogens is 709 g/mol. The van der Waals surface area contributed by atoms with Gasteiger partial charge in [-0.2, -0.15) is 0 Å². The minimum absolute atomic E-state index is 0. The first-order valence-corrected chi connectivity index (χ1v) is 21.0. The van der Waals surface area contributed by atoms with Crippen LogP contribution < -0.4 is 20.7 Å². The Balaban J connectivity index is 0.00000422. The van der Waals surface area contributed by atoms with E-state index in [1.54, 1.807) is 0 Å². The van der Waals surface area contributed by atoms with Crippen LogP contribution in [0.3, 0.4) is 0 Å². The highest BCUT2D eigenvalue weighted by Gasteiger charge is 2.41. The fourth-order valence-electron chi connectivity index (χ4n) is 8.27. The third-order valence-corrected chi connectivity index (χ3v) is 15.6. The molecule has 272 valence electrons. The van der Waals surface area contributed by atoms with Crippen LogP contribution in [0.1, 0.15) is 0 Å². The molecule has 0 bridgehead atoms. The number of nitrogens with zero attached hydrogens (tertiary/aromatic N) is 4. The van der Waals surface area contributed by atoms with Gasteiger partial charge in [-0.25, -0.2) is 15.0 Å². The molecule has 4 nitrogen and oxygen atoms in total. The zero-order valence-corrected chi connectivity index (χ0v) is 32.6. The normalized spacial score (nSPS) is 11.4. The van der Waals surface area contributed by atoms with Gasteiger partial charge in [0.15, 0.2) is 25.5 Å². The Morgan fingerprint density at radius 2 is 0.737 bits per heavy atom. The van der Waals surface area contributed by atoms with E-state index >= 15 is 0 Å². The summed E-state index contributed by atoms with van der Waals surface area (Å²) in [6, 6.07) is 77.8. The molecule has 5 heteroatoms. The second-order valence-electron chi connectivity index (χ2n) is 14.0. The van der Waals surface area contributed by atoms with Crippen LogP contribution in [0, 0.1) is 7.43 Å². The Bertz CT molecular complexity index is 2850. The number of hydrogen-bond donors (Lipinski definition) is 0. The topological polar surface area (TPSA) is 43.6 Å². The largest absolute Gasteiger partial charge is 0.358 e. The Morgan fingerprint density at radius 1 is 0.316 bits per heavy atom. The van der Waals surface area contributed by atoms with Crippen molar-refractivity contribution in [3.8, 4) is 39.9 Å². The molecule has 0 spiro atoms. The molecule has 0 aliphatic rings. The quantitative estimate of drug-likeness (QED) is 0.0884. The molecule has 0 aliphatic heterocycles. The summed E-state index contributed by atoms with van der Waals surface area (Å²) < 4.78 is 2.33. The van der Waals surface area contributed by atoms with Crippen LogP contribution in [0.4, 0.5) is 0 Å². The van der Waals surface area contributed by atoms with Crippen molar-refractivity contribution in [3.63, 3.8) is 0 Å². The highest BCUT2D eigenvalue weighted by molar-refractivity contribution is 7.19. The third kappa shape index (κ3) is 6.24. The zero-order valence-electron chi connectivity index (χ0n) is 31.6. The molecule has 0 amide bonds. The van der Waals surface area contributed by atoms with E-state index in [0.29, 0.717) is 17.5 Å². The van der Waals surface area contributed by atoms with E-state index in [1.165, 1.54) is 26.1 Å². The second kappa shape index (κ2) is 15.1. The summed E-state index contributed by atoms with van der Waals surface area (Å²) in [5, 5.41) is 7.55. The van der Waals surface area contributed by atoms with Crippen LogP contribution in [-0.4, -0.2) is 27.6 Å². The molecule has 10 rings (SSSR count). The summed E-state index contributed by atoms with van der Waals surface area (Å²) in [5.74, 6) is 1.91. The Hall–Kier alpha value is -7.21. The molecule has 0 saturated carbocycles. The molecule has 0 atom stereocenters. The summed E-state index contributed by atoms with van der Waals surface area (Å²) in [6.07, 6.45) is 0. The van der Waals surface area contributed by atoms with E-state index in [0.717, 1.165) is 38.8 Å². The minimum Gasteiger partial charge on any atom is -0.358 e. The minimum atomic E-state index is -2.78. The first-order chi connectivity index (χ1) is 27.8. The van der Waals surface area contributed by atoms with Crippen molar-refractivity contribution in [1.29, 1.82) is 0 Å². The van der Waals surface area contributed by atoms with Gasteiger partial charge in [-0.1, -0.05) is 182 Å². The van der Waals surface area contributed by atoms with Crippen molar-refractivity contribution in [2.45, 2.75) is 0 Å². The average Bonchev–Trinajstić information content (AvgIpc) is 3.62. The van der Waals surface area contributed by atoms with E-state index in [4.69, 9.17) is 15.0 Å². The average molecular weight is 748 g/mol. The molecule has 10 aromatic rings. The van der Waals surface area contributed by atoms with Gasteiger partial charge in [0.25, 0.3) is 0 Å². The van der Waals surface area contributed by atoms with Gasteiger partial charge in [-0.15, -0.1) is 0 Å². The molecule has 2 aromatic heterocycles. The van der Waals surface area contributed by atoms with Crippen molar-refractivity contribution in [2.24, 2.45) is 0 Å². The van der Waals surface area contributed by atoms with E-state index in [9.17, 15) is 0 Å². The van der Waals surface area contributed by atoms with Crippen LogP contribution in [-0.2, 0) is 0 Å². The lowest BCUT2D eigenvalue weighted by atomic mass is 10.1. The van der Waals surface area contributed by atoms with Crippen LogP contribution in [0.15, 0.2) is 218 Å². The second-order valence-corrected chi connectivity index (χ2v) is 17.8. The van der Waals surface area contributed by atoms with Crippen LogP contribution in [0.2, 0.25) is 0 Å². The summed E-state index contributed by atoms with van der Waals surface area (Å²) in [5.41, 5.74) is 6.25. The van der Waals surface area contributed by atoms with Gasteiger partial charge in [0, 0.05) is 33.2 Å². The first-order valence-electron chi connectivity index (χ1n) is 19.0. The molecule has 2 heterocycles. The summed E-state index contributed by atoms with van der Waals surface area (Å²) in [4.78, 5) is 15.6. The number of para-hydroxylation sites is 2. The molecule has 0 radical (unpaired) electrons. The predicted molar refractivity (Wildman–Crippen MR) is 241 cm³/mol. The number of fused-ring (bicyclic) bond motifs is 3. The van der Waals surface area contributed by atoms with Crippen molar-refractivity contribution in [1.82, 2.24) is 19.5 Å². The molecule has 0 fully saturated rings. The predicted octanol–water partition coefficient (Wildman–Crippen LogP) is 9.80. The number of hydrogen-bond acceptors (Lipinski definition) is 3. The molecule has 8 aromatic carbocycles. The van der Waals surface area contributed by atoms with Gasteiger partial charge in [-0.05, 0) is 57.1 Å². The molecule has 0 saturated heterocycles. The number of aromatic nitrogens is 4. The van der Waals surface area contributed by atoms with E-state index in [-0.39, 0.29) is 7.43 Å². The zero-order chi connectivity index (χ0) is 37.3. The molecular formula is C52H39N4Si-. The highest BCUT2D eigenvalue weighted by Crippen LogP contribution is 2.35. The molecule has 0 aliphatic carbocycles. The first kappa shape index (κ1) is 35.5. The maximum atomic E-state index is 5.28. The maximum Gasteiger partial charge on any atom is 0.179 e. The van der Waals surface area contributed by atoms with E-state index < -0.39 is 8.07 Å². The van der Waals surface area contributed by atoms with Crippen molar-refractivity contribution < 1.29 is 0 Å². The molecule has 57 heavy (non-hydrogen) atoms.